The molecular weight excluding hydrogens is 581 g/mol. The van der Waals surface area contributed by atoms with Crippen LogP contribution < -0.4 is 10.3 Å². The molecule has 0 unspecified atom stereocenters. The molecule has 0 bridgehead atoms. The van der Waals surface area contributed by atoms with Crippen LogP contribution in [0.15, 0.2) is 81.1 Å². The van der Waals surface area contributed by atoms with E-state index in [0.717, 1.165) is 24.9 Å². The van der Waals surface area contributed by atoms with Crippen molar-refractivity contribution < 1.29 is 4.74 Å². The monoisotopic (exact) mass is 601 g/mol. The van der Waals surface area contributed by atoms with E-state index in [1.54, 1.807) is 12.3 Å². The minimum atomic E-state index is -0.186. The van der Waals surface area contributed by atoms with Crippen molar-refractivity contribution in [1.29, 1.82) is 0 Å². The summed E-state index contributed by atoms with van der Waals surface area (Å²) in [5, 5.41) is 5.03. The minimum absolute atomic E-state index is 0.0433. The summed E-state index contributed by atoms with van der Waals surface area (Å²) >= 11 is 5.68. The summed E-state index contributed by atoms with van der Waals surface area (Å²) in [4.78, 5) is 17.8. The van der Waals surface area contributed by atoms with Crippen LogP contribution in [0.4, 0.5) is 0 Å². The number of rotatable bonds is 6. The first-order valence-corrected chi connectivity index (χ1v) is 12.0. The number of halogens is 2. The average molecular weight is 602 g/mol. The van der Waals surface area contributed by atoms with Crippen LogP contribution in [0.25, 0.3) is 10.9 Å². The second-order valence-electron chi connectivity index (χ2n) is 7.61. The van der Waals surface area contributed by atoms with Crippen LogP contribution in [0.3, 0.4) is 0 Å². The van der Waals surface area contributed by atoms with Gasteiger partial charge in [0.05, 0.1) is 20.7 Å². The number of hydrogen-bond donors (Lipinski definition) is 0. The molecule has 0 aliphatic rings. The lowest BCUT2D eigenvalue weighted by molar-refractivity contribution is 0.304. The molecule has 0 N–H and O–H groups in total. The third-order valence-corrected chi connectivity index (χ3v) is 6.20. The first-order valence-electron chi connectivity index (χ1n) is 10.1. The Morgan fingerprint density at radius 2 is 1.91 bits per heavy atom. The Bertz CT molecular complexity index is 1350. The summed E-state index contributed by atoms with van der Waals surface area (Å²) in [5.74, 6) is 1.48. The molecule has 0 aliphatic heterocycles. The van der Waals surface area contributed by atoms with Gasteiger partial charge in [0.1, 0.15) is 18.2 Å². The van der Waals surface area contributed by atoms with Crippen molar-refractivity contribution >= 4 is 55.6 Å². The molecular formula is C25H21BrIN3O2. The fourth-order valence-electron chi connectivity index (χ4n) is 3.23. The van der Waals surface area contributed by atoms with E-state index >= 15 is 0 Å². The maximum absolute atomic E-state index is 13.1. The summed E-state index contributed by atoms with van der Waals surface area (Å²) in [6.07, 6.45) is 1.68. The molecule has 0 aliphatic carbocycles. The smallest absolute Gasteiger partial charge is 0.282 e. The highest BCUT2D eigenvalue weighted by Crippen LogP contribution is 2.23. The number of aromatic nitrogens is 2. The molecule has 1 heterocycles. The minimum Gasteiger partial charge on any atom is -0.488 e. The van der Waals surface area contributed by atoms with Gasteiger partial charge in [-0.15, -0.1) is 0 Å². The number of hydrogen-bond acceptors (Lipinski definition) is 4. The fourth-order valence-corrected chi connectivity index (χ4v) is 4.28. The van der Waals surface area contributed by atoms with Crippen LogP contribution >= 0.6 is 38.5 Å². The number of ether oxygens (including phenoxy) is 1. The normalized spacial score (nSPS) is 11.5. The Kier molecular flexibility index (Phi) is 7.05. The molecule has 0 atom stereocenters. The highest BCUT2D eigenvalue weighted by Gasteiger charge is 2.14. The molecule has 4 rings (SSSR count). The van der Waals surface area contributed by atoms with Gasteiger partial charge in [0, 0.05) is 10.4 Å². The molecule has 0 fully saturated rings. The third kappa shape index (κ3) is 5.10. The lowest BCUT2D eigenvalue weighted by Gasteiger charge is -2.12. The fraction of sp³-hybridized carbons (Fsp3) is 0.160. The maximum Gasteiger partial charge on any atom is 0.282 e. The van der Waals surface area contributed by atoms with Gasteiger partial charge in [0.15, 0.2) is 0 Å². The van der Waals surface area contributed by atoms with Crippen LogP contribution in [0, 0.1) is 3.57 Å². The van der Waals surface area contributed by atoms with Crippen molar-refractivity contribution in [3.63, 3.8) is 0 Å². The van der Waals surface area contributed by atoms with E-state index in [2.05, 4.69) is 48.6 Å². The molecule has 1 aromatic heterocycles. The van der Waals surface area contributed by atoms with Crippen molar-refractivity contribution in [2.75, 3.05) is 0 Å². The Morgan fingerprint density at radius 3 is 2.62 bits per heavy atom. The summed E-state index contributed by atoms with van der Waals surface area (Å²) in [6, 6.07) is 21.4. The SMILES string of the molecule is CC(C)c1nc2ccc(Br)cc2c(=O)n1N=Cc1ccc(OCc2ccccc2)c(I)c1. The molecule has 32 heavy (non-hydrogen) atoms. The quantitative estimate of drug-likeness (QED) is 0.191. The zero-order chi connectivity index (χ0) is 22.7. The molecule has 3 aromatic carbocycles. The molecule has 5 nitrogen and oxygen atoms in total. The Morgan fingerprint density at radius 1 is 1.12 bits per heavy atom. The van der Waals surface area contributed by atoms with Gasteiger partial charge in [-0.05, 0) is 70.1 Å². The largest absolute Gasteiger partial charge is 0.488 e. The van der Waals surface area contributed by atoms with E-state index in [1.165, 1.54) is 4.68 Å². The van der Waals surface area contributed by atoms with Crippen LogP contribution in [-0.4, -0.2) is 15.9 Å². The van der Waals surface area contributed by atoms with Crippen molar-refractivity contribution in [3.05, 3.63) is 102 Å². The third-order valence-electron chi connectivity index (χ3n) is 4.87. The molecule has 0 saturated carbocycles. The Labute approximate surface area is 208 Å². The summed E-state index contributed by atoms with van der Waals surface area (Å²) < 4.78 is 9.15. The standard InChI is InChI=1S/C25H21BrIN3O2/c1-16(2)24-29-22-10-9-19(26)13-20(22)25(31)30(24)28-14-18-8-11-23(21(27)12-18)32-15-17-6-4-3-5-7-17/h3-14,16H,15H2,1-2H3. The van der Waals surface area contributed by atoms with E-state index in [1.807, 2.05) is 74.5 Å². The van der Waals surface area contributed by atoms with Crippen molar-refractivity contribution in [2.24, 2.45) is 5.10 Å². The van der Waals surface area contributed by atoms with Crippen LogP contribution in [0.5, 0.6) is 5.75 Å². The second-order valence-corrected chi connectivity index (χ2v) is 9.69. The van der Waals surface area contributed by atoms with Crippen LogP contribution in [-0.2, 0) is 6.61 Å². The Hall–Kier alpha value is -2.52. The molecule has 0 radical (unpaired) electrons. The van der Waals surface area contributed by atoms with E-state index in [9.17, 15) is 4.79 Å². The molecule has 162 valence electrons. The lowest BCUT2D eigenvalue weighted by Crippen LogP contribution is -2.23. The Balaban J connectivity index is 1.62. The number of nitrogens with zero attached hydrogens (tertiary/aromatic N) is 3. The number of fused-ring (bicyclic) bond motifs is 1. The summed E-state index contributed by atoms with van der Waals surface area (Å²) in [5.41, 5.74) is 2.47. The van der Waals surface area contributed by atoms with Gasteiger partial charge >= 0.3 is 0 Å². The van der Waals surface area contributed by atoms with E-state index < -0.39 is 0 Å². The van der Waals surface area contributed by atoms with Gasteiger partial charge in [-0.25, -0.2) is 4.98 Å². The van der Waals surface area contributed by atoms with Gasteiger partial charge in [0.25, 0.3) is 5.56 Å². The zero-order valence-corrected chi connectivity index (χ0v) is 21.4. The lowest BCUT2D eigenvalue weighted by atomic mass is 10.2. The summed E-state index contributed by atoms with van der Waals surface area (Å²) in [6.45, 7) is 4.51. The van der Waals surface area contributed by atoms with Crippen LogP contribution in [0.1, 0.15) is 36.7 Å². The molecule has 0 amide bonds. The predicted molar refractivity (Wildman–Crippen MR) is 141 cm³/mol. The molecule has 7 heteroatoms. The van der Waals surface area contributed by atoms with Gasteiger partial charge in [0.2, 0.25) is 0 Å². The zero-order valence-electron chi connectivity index (χ0n) is 17.6. The number of benzene rings is 3. The van der Waals surface area contributed by atoms with Gasteiger partial charge in [-0.1, -0.05) is 60.1 Å². The van der Waals surface area contributed by atoms with Crippen molar-refractivity contribution in [1.82, 2.24) is 9.66 Å². The maximum atomic E-state index is 13.1. The van der Waals surface area contributed by atoms with E-state index in [0.29, 0.717) is 23.3 Å². The molecule has 0 saturated heterocycles. The van der Waals surface area contributed by atoms with E-state index in [-0.39, 0.29) is 11.5 Å². The van der Waals surface area contributed by atoms with Gasteiger partial charge in [-0.3, -0.25) is 4.79 Å². The highest BCUT2D eigenvalue weighted by molar-refractivity contribution is 14.1. The predicted octanol–water partition coefficient (Wildman–Crippen LogP) is 6.35. The van der Waals surface area contributed by atoms with Crippen molar-refractivity contribution in [3.8, 4) is 5.75 Å². The first-order chi connectivity index (χ1) is 15.4. The van der Waals surface area contributed by atoms with Gasteiger partial charge in [-0.2, -0.15) is 9.78 Å². The van der Waals surface area contributed by atoms with Crippen LogP contribution in [0.2, 0.25) is 0 Å². The van der Waals surface area contributed by atoms with Gasteiger partial charge < -0.3 is 4.74 Å². The highest BCUT2D eigenvalue weighted by atomic mass is 127. The van der Waals surface area contributed by atoms with Crippen molar-refractivity contribution in [2.45, 2.75) is 26.4 Å². The topological polar surface area (TPSA) is 56.5 Å². The summed E-state index contributed by atoms with van der Waals surface area (Å²) in [7, 11) is 0. The molecule has 0 spiro atoms. The average Bonchev–Trinajstić information content (AvgIpc) is 2.78. The first kappa shape index (κ1) is 22.7. The second kappa shape index (κ2) is 9.95. The van der Waals surface area contributed by atoms with E-state index in [4.69, 9.17) is 4.74 Å². The molecule has 4 aromatic rings.